The Hall–Kier alpha value is -1.87. The average Bonchev–Trinajstić information content (AvgIpc) is 2.42. The molecule has 1 aromatic heterocycles. The Kier molecular flexibility index (Phi) is 4.74. The highest BCUT2D eigenvalue weighted by Crippen LogP contribution is 2.29. The van der Waals surface area contributed by atoms with E-state index in [2.05, 4.69) is 50.1 Å². The first-order chi connectivity index (χ1) is 9.58. The molecule has 0 spiro atoms. The lowest BCUT2D eigenvalue weighted by Gasteiger charge is -2.15. The second kappa shape index (κ2) is 6.53. The Labute approximate surface area is 121 Å². The molecule has 0 bridgehead atoms. The predicted octanol–water partition coefficient (Wildman–Crippen LogP) is 3.99. The minimum absolute atomic E-state index is 0.434. The van der Waals surface area contributed by atoms with Crippen molar-refractivity contribution in [1.82, 2.24) is 10.3 Å². The van der Waals surface area contributed by atoms with Gasteiger partial charge in [0.15, 0.2) is 0 Å². The molecule has 2 rings (SSSR count). The van der Waals surface area contributed by atoms with Gasteiger partial charge in [0, 0.05) is 24.3 Å². The minimum Gasteiger partial charge on any atom is -0.438 e. The van der Waals surface area contributed by atoms with E-state index in [9.17, 15) is 0 Å². The molecule has 0 radical (unpaired) electrons. The maximum atomic E-state index is 6.05. The predicted molar refractivity (Wildman–Crippen MR) is 82.2 cm³/mol. The highest BCUT2D eigenvalue weighted by Gasteiger charge is 2.10. The van der Waals surface area contributed by atoms with E-state index in [4.69, 9.17) is 4.74 Å². The Morgan fingerprint density at radius 1 is 1.10 bits per heavy atom. The number of aromatic nitrogens is 1. The number of aryl methyl sites for hydroxylation is 2. The number of hydrogen-bond donors (Lipinski definition) is 1. The average molecular weight is 270 g/mol. The summed E-state index contributed by atoms with van der Waals surface area (Å²) in [7, 11) is 0. The smallest absolute Gasteiger partial charge is 0.223 e. The number of nitrogens with one attached hydrogen (secondary N) is 1. The van der Waals surface area contributed by atoms with Gasteiger partial charge in [0.25, 0.3) is 0 Å². The van der Waals surface area contributed by atoms with E-state index in [1.54, 1.807) is 6.20 Å². The van der Waals surface area contributed by atoms with E-state index in [-0.39, 0.29) is 0 Å². The van der Waals surface area contributed by atoms with Gasteiger partial charge in [-0.25, -0.2) is 4.98 Å². The first-order valence-corrected chi connectivity index (χ1v) is 6.99. The van der Waals surface area contributed by atoms with Crippen molar-refractivity contribution in [2.45, 2.75) is 40.3 Å². The Morgan fingerprint density at radius 3 is 2.45 bits per heavy atom. The number of nitrogens with zero attached hydrogens (tertiary/aromatic N) is 1. The van der Waals surface area contributed by atoms with Crippen LogP contribution in [0.25, 0.3) is 0 Å². The number of ether oxygens (including phenoxy) is 1. The van der Waals surface area contributed by atoms with Crippen LogP contribution in [0.15, 0.2) is 36.5 Å². The molecule has 0 aliphatic heterocycles. The highest BCUT2D eigenvalue weighted by atomic mass is 16.5. The molecule has 0 aliphatic rings. The monoisotopic (exact) mass is 270 g/mol. The van der Waals surface area contributed by atoms with Crippen LogP contribution < -0.4 is 10.1 Å². The number of hydrogen-bond acceptors (Lipinski definition) is 3. The largest absolute Gasteiger partial charge is 0.438 e. The third-order valence-corrected chi connectivity index (χ3v) is 3.16. The van der Waals surface area contributed by atoms with Gasteiger partial charge in [-0.3, -0.25) is 0 Å². The maximum Gasteiger partial charge on any atom is 0.223 e. The SMILES string of the molecule is Cc1cccc(C)c1Oc1ncccc1CNC(C)C. The fraction of sp³-hybridized carbons (Fsp3) is 0.353. The molecule has 0 fully saturated rings. The van der Waals surface area contributed by atoms with E-state index in [1.807, 2.05) is 18.2 Å². The summed E-state index contributed by atoms with van der Waals surface area (Å²) in [6.07, 6.45) is 1.77. The lowest BCUT2D eigenvalue weighted by atomic mass is 10.1. The maximum absolute atomic E-state index is 6.05. The summed E-state index contributed by atoms with van der Waals surface area (Å²) in [5.74, 6) is 1.58. The van der Waals surface area contributed by atoms with Crippen LogP contribution in [0.5, 0.6) is 11.6 Å². The van der Waals surface area contributed by atoms with Crippen molar-refractivity contribution < 1.29 is 4.74 Å². The Balaban J connectivity index is 2.25. The molecule has 0 aliphatic carbocycles. The van der Waals surface area contributed by atoms with Gasteiger partial charge >= 0.3 is 0 Å². The molecule has 0 amide bonds. The summed E-state index contributed by atoms with van der Waals surface area (Å²) in [5.41, 5.74) is 3.32. The number of para-hydroxylation sites is 1. The van der Waals surface area contributed by atoms with E-state index in [0.717, 1.165) is 29.0 Å². The van der Waals surface area contributed by atoms with E-state index >= 15 is 0 Å². The molecule has 0 unspecified atom stereocenters. The summed E-state index contributed by atoms with van der Waals surface area (Å²) in [6, 6.07) is 10.6. The first-order valence-electron chi connectivity index (χ1n) is 6.99. The summed E-state index contributed by atoms with van der Waals surface area (Å²) in [6.45, 7) is 9.12. The molecule has 1 N–H and O–H groups in total. The van der Waals surface area contributed by atoms with E-state index in [0.29, 0.717) is 11.9 Å². The number of rotatable bonds is 5. The van der Waals surface area contributed by atoms with Gasteiger partial charge in [-0.1, -0.05) is 38.1 Å². The van der Waals surface area contributed by atoms with Crippen molar-refractivity contribution in [3.05, 3.63) is 53.2 Å². The molecule has 3 heteroatoms. The quantitative estimate of drug-likeness (QED) is 0.892. The van der Waals surface area contributed by atoms with Crippen LogP contribution in [-0.2, 0) is 6.54 Å². The van der Waals surface area contributed by atoms with E-state index in [1.165, 1.54) is 0 Å². The van der Waals surface area contributed by atoms with Gasteiger partial charge in [-0.2, -0.15) is 0 Å². The van der Waals surface area contributed by atoms with Crippen molar-refractivity contribution in [3.63, 3.8) is 0 Å². The lowest BCUT2D eigenvalue weighted by molar-refractivity contribution is 0.444. The molecular weight excluding hydrogens is 248 g/mol. The summed E-state index contributed by atoms with van der Waals surface area (Å²) < 4.78 is 6.05. The fourth-order valence-electron chi connectivity index (χ4n) is 2.02. The second-order valence-corrected chi connectivity index (χ2v) is 5.33. The van der Waals surface area contributed by atoms with Crippen LogP contribution in [-0.4, -0.2) is 11.0 Å². The second-order valence-electron chi connectivity index (χ2n) is 5.33. The lowest BCUT2D eigenvalue weighted by Crippen LogP contribution is -2.22. The molecule has 0 atom stereocenters. The summed E-state index contributed by atoms with van der Waals surface area (Å²) in [4.78, 5) is 4.37. The molecule has 0 saturated carbocycles. The summed E-state index contributed by atoms with van der Waals surface area (Å²) in [5, 5.41) is 3.40. The van der Waals surface area contributed by atoms with Crippen molar-refractivity contribution in [2.24, 2.45) is 0 Å². The summed E-state index contributed by atoms with van der Waals surface area (Å²) >= 11 is 0. The van der Waals surface area contributed by atoms with Gasteiger partial charge < -0.3 is 10.1 Å². The molecule has 1 heterocycles. The molecule has 3 nitrogen and oxygen atoms in total. The molecule has 0 saturated heterocycles. The Morgan fingerprint density at radius 2 is 1.80 bits per heavy atom. The molecule has 1 aromatic carbocycles. The van der Waals surface area contributed by atoms with Gasteiger partial charge in [-0.15, -0.1) is 0 Å². The molecule has 106 valence electrons. The van der Waals surface area contributed by atoms with Crippen molar-refractivity contribution >= 4 is 0 Å². The first kappa shape index (κ1) is 14.5. The van der Waals surface area contributed by atoms with Crippen LogP contribution in [0.4, 0.5) is 0 Å². The van der Waals surface area contributed by atoms with Crippen LogP contribution in [0, 0.1) is 13.8 Å². The van der Waals surface area contributed by atoms with Crippen molar-refractivity contribution in [2.75, 3.05) is 0 Å². The zero-order valence-corrected chi connectivity index (χ0v) is 12.6. The third-order valence-electron chi connectivity index (χ3n) is 3.16. The van der Waals surface area contributed by atoms with Gasteiger partial charge in [0.1, 0.15) is 5.75 Å². The topological polar surface area (TPSA) is 34.1 Å². The van der Waals surface area contributed by atoms with Gasteiger partial charge in [-0.05, 0) is 31.0 Å². The standard InChI is InChI=1S/C17H22N2O/c1-12(2)19-11-15-9-6-10-18-17(15)20-16-13(3)7-5-8-14(16)4/h5-10,12,19H,11H2,1-4H3. The van der Waals surface area contributed by atoms with Crippen molar-refractivity contribution in [3.8, 4) is 11.6 Å². The van der Waals surface area contributed by atoms with E-state index < -0.39 is 0 Å². The zero-order valence-electron chi connectivity index (χ0n) is 12.6. The van der Waals surface area contributed by atoms with Crippen LogP contribution >= 0.6 is 0 Å². The van der Waals surface area contributed by atoms with Gasteiger partial charge in [0.2, 0.25) is 5.88 Å². The fourth-order valence-corrected chi connectivity index (χ4v) is 2.02. The van der Waals surface area contributed by atoms with Crippen LogP contribution in [0.2, 0.25) is 0 Å². The van der Waals surface area contributed by atoms with Crippen molar-refractivity contribution in [1.29, 1.82) is 0 Å². The Bertz CT molecular complexity index is 559. The van der Waals surface area contributed by atoms with Gasteiger partial charge in [0.05, 0.1) is 0 Å². The number of benzene rings is 1. The normalized spacial score (nSPS) is 10.8. The van der Waals surface area contributed by atoms with Crippen LogP contribution in [0.1, 0.15) is 30.5 Å². The molecule has 20 heavy (non-hydrogen) atoms. The number of pyridine rings is 1. The molecule has 2 aromatic rings. The zero-order chi connectivity index (χ0) is 14.5. The highest BCUT2D eigenvalue weighted by molar-refractivity contribution is 5.43. The molecular formula is C17H22N2O. The minimum atomic E-state index is 0.434. The van der Waals surface area contributed by atoms with Crippen LogP contribution in [0.3, 0.4) is 0 Å². The third kappa shape index (κ3) is 3.58.